The minimum absolute atomic E-state index is 0.0615. The molecule has 0 spiro atoms. The minimum atomic E-state index is -1.01. The lowest BCUT2D eigenvalue weighted by Crippen LogP contribution is -2.11. The van der Waals surface area contributed by atoms with Crippen molar-refractivity contribution < 1.29 is 9.90 Å². The summed E-state index contributed by atoms with van der Waals surface area (Å²) >= 11 is 1.69. The molecule has 0 aliphatic carbocycles. The van der Waals surface area contributed by atoms with Gasteiger partial charge >= 0.3 is 5.97 Å². The van der Waals surface area contributed by atoms with E-state index in [1.165, 1.54) is 10.9 Å². The highest BCUT2D eigenvalue weighted by Crippen LogP contribution is 2.26. The molecule has 100 valence electrons. The van der Waals surface area contributed by atoms with Crippen LogP contribution in [0.2, 0.25) is 0 Å². The van der Waals surface area contributed by atoms with E-state index in [2.05, 4.69) is 23.3 Å². The van der Waals surface area contributed by atoms with Gasteiger partial charge in [0.05, 0.1) is 6.04 Å². The molecule has 0 radical (unpaired) electrons. The van der Waals surface area contributed by atoms with Gasteiger partial charge in [0.25, 0.3) is 0 Å². The molecule has 5 heteroatoms. The summed E-state index contributed by atoms with van der Waals surface area (Å²) in [6.45, 7) is 2.13. The van der Waals surface area contributed by atoms with Crippen molar-refractivity contribution in [2.24, 2.45) is 0 Å². The van der Waals surface area contributed by atoms with E-state index in [1.54, 1.807) is 23.5 Å². The van der Waals surface area contributed by atoms with Gasteiger partial charge < -0.3 is 10.4 Å². The fourth-order valence-corrected chi connectivity index (χ4v) is 2.69. The first-order valence-corrected chi connectivity index (χ1v) is 7.09. The molecule has 1 atom stereocenters. The Morgan fingerprint density at radius 2 is 2.26 bits per heavy atom. The standard InChI is InChI=1S/C14H16N2O2S/c1-2-5-10(12-7-4-9-19-12)15-13-8-3-6-11(16-13)14(17)18/h3-4,6-10H,2,5H2,1H3,(H,15,16)(H,17,18). The Kier molecular flexibility index (Phi) is 4.52. The first-order valence-electron chi connectivity index (χ1n) is 6.21. The van der Waals surface area contributed by atoms with Crippen LogP contribution in [0.5, 0.6) is 0 Å². The summed E-state index contributed by atoms with van der Waals surface area (Å²) in [5.41, 5.74) is 0.0615. The summed E-state index contributed by atoms with van der Waals surface area (Å²) in [5, 5.41) is 14.3. The van der Waals surface area contributed by atoms with Crippen LogP contribution in [0.1, 0.15) is 41.2 Å². The average molecular weight is 276 g/mol. The molecule has 2 rings (SSSR count). The molecule has 0 saturated carbocycles. The first-order chi connectivity index (χ1) is 9.20. The number of thiophene rings is 1. The van der Waals surface area contributed by atoms with Crippen molar-refractivity contribution in [2.45, 2.75) is 25.8 Å². The van der Waals surface area contributed by atoms with Crippen LogP contribution >= 0.6 is 11.3 Å². The van der Waals surface area contributed by atoms with Gasteiger partial charge in [-0.1, -0.05) is 25.5 Å². The van der Waals surface area contributed by atoms with Crippen LogP contribution in [0.25, 0.3) is 0 Å². The molecule has 19 heavy (non-hydrogen) atoms. The molecule has 0 bridgehead atoms. The predicted octanol–water partition coefficient (Wildman–Crippen LogP) is 3.79. The lowest BCUT2D eigenvalue weighted by Gasteiger charge is -2.17. The summed E-state index contributed by atoms with van der Waals surface area (Å²) in [6, 6.07) is 9.28. The highest BCUT2D eigenvalue weighted by atomic mass is 32.1. The summed E-state index contributed by atoms with van der Waals surface area (Å²) in [7, 11) is 0. The van der Waals surface area contributed by atoms with E-state index >= 15 is 0 Å². The largest absolute Gasteiger partial charge is 0.477 e. The number of nitrogens with one attached hydrogen (secondary N) is 1. The van der Waals surface area contributed by atoms with Gasteiger partial charge in [-0.25, -0.2) is 9.78 Å². The Labute approximate surface area is 116 Å². The molecule has 4 nitrogen and oxygen atoms in total. The Balaban J connectivity index is 2.17. The lowest BCUT2D eigenvalue weighted by atomic mass is 10.1. The normalized spacial score (nSPS) is 12.1. The molecular weight excluding hydrogens is 260 g/mol. The molecule has 1 unspecified atom stereocenters. The van der Waals surface area contributed by atoms with Crippen molar-refractivity contribution >= 4 is 23.1 Å². The maximum atomic E-state index is 10.9. The van der Waals surface area contributed by atoms with Crippen molar-refractivity contribution in [2.75, 3.05) is 5.32 Å². The zero-order valence-electron chi connectivity index (χ0n) is 10.7. The minimum Gasteiger partial charge on any atom is -0.477 e. The Morgan fingerprint density at radius 1 is 1.42 bits per heavy atom. The number of aromatic nitrogens is 1. The van der Waals surface area contributed by atoms with E-state index < -0.39 is 5.97 Å². The molecule has 0 fully saturated rings. The van der Waals surface area contributed by atoms with E-state index in [-0.39, 0.29) is 11.7 Å². The third kappa shape index (κ3) is 3.54. The maximum Gasteiger partial charge on any atom is 0.354 e. The fraction of sp³-hybridized carbons (Fsp3) is 0.286. The van der Waals surface area contributed by atoms with E-state index in [9.17, 15) is 4.79 Å². The Morgan fingerprint density at radius 3 is 2.89 bits per heavy atom. The van der Waals surface area contributed by atoms with Gasteiger partial charge in [-0.15, -0.1) is 11.3 Å². The zero-order valence-corrected chi connectivity index (χ0v) is 11.5. The van der Waals surface area contributed by atoms with Gasteiger partial charge in [0.1, 0.15) is 5.82 Å². The van der Waals surface area contributed by atoms with Gasteiger partial charge in [0.15, 0.2) is 5.69 Å². The first kappa shape index (κ1) is 13.5. The smallest absolute Gasteiger partial charge is 0.354 e. The molecule has 0 aromatic carbocycles. The summed E-state index contributed by atoms with van der Waals surface area (Å²) in [4.78, 5) is 16.2. The average Bonchev–Trinajstić information content (AvgIpc) is 2.92. The molecule has 0 saturated heterocycles. The number of aromatic carboxylic acids is 1. The van der Waals surface area contributed by atoms with Gasteiger partial charge in [0.2, 0.25) is 0 Å². The van der Waals surface area contributed by atoms with Crippen LogP contribution in [-0.2, 0) is 0 Å². The summed E-state index contributed by atoms with van der Waals surface area (Å²) in [6.07, 6.45) is 2.04. The quantitative estimate of drug-likeness (QED) is 0.842. The topological polar surface area (TPSA) is 62.2 Å². The molecule has 0 aliphatic heterocycles. The van der Waals surface area contributed by atoms with Crippen molar-refractivity contribution in [3.8, 4) is 0 Å². The molecule has 0 aliphatic rings. The number of hydrogen-bond acceptors (Lipinski definition) is 4. The predicted molar refractivity (Wildman–Crippen MR) is 76.8 cm³/mol. The van der Waals surface area contributed by atoms with Crippen LogP contribution in [-0.4, -0.2) is 16.1 Å². The van der Waals surface area contributed by atoms with Gasteiger partial charge in [-0.3, -0.25) is 0 Å². The van der Waals surface area contributed by atoms with E-state index in [0.29, 0.717) is 5.82 Å². The Hall–Kier alpha value is -1.88. The number of rotatable bonds is 6. The summed E-state index contributed by atoms with van der Waals surface area (Å²) < 4.78 is 0. The number of carboxylic acids is 1. The fourth-order valence-electron chi connectivity index (χ4n) is 1.88. The molecule has 2 heterocycles. The monoisotopic (exact) mass is 276 g/mol. The zero-order chi connectivity index (χ0) is 13.7. The lowest BCUT2D eigenvalue weighted by molar-refractivity contribution is 0.0690. The van der Waals surface area contributed by atoms with Crippen LogP contribution in [0, 0.1) is 0 Å². The second-order valence-corrected chi connectivity index (χ2v) is 5.19. The van der Waals surface area contributed by atoms with E-state index in [0.717, 1.165) is 12.8 Å². The SMILES string of the molecule is CCCC(Nc1cccc(C(=O)O)n1)c1cccs1. The third-order valence-electron chi connectivity index (χ3n) is 2.75. The molecule has 2 aromatic heterocycles. The van der Waals surface area contributed by atoms with Gasteiger partial charge in [0, 0.05) is 4.88 Å². The van der Waals surface area contributed by atoms with Gasteiger partial charge in [-0.2, -0.15) is 0 Å². The molecule has 2 N–H and O–H groups in total. The number of pyridine rings is 1. The highest BCUT2D eigenvalue weighted by Gasteiger charge is 2.13. The Bertz CT molecular complexity index is 540. The van der Waals surface area contributed by atoms with Crippen LogP contribution in [0.15, 0.2) is 35.7 Å². The highest BCUT2D eigenvalue weighted by molar-refractivity contribution is 7.10. The number of nitrogens with zero attached hydrogens (tertiary/aromatic N) is 1. The second kappa shape index (κ2) is 6.33. The number of carboxylic acid groups (broad SMARTS) is 1. The third-order valence-corrected chi connectivity index (χ3v) is 3.74. The second-order valence-electron chi connectivity index (χ2n) is 4.21. The van der Waals surface area contributed by atoms with Crippen LogP contribution < -0.4 is 5.32 Å². The van der Waals surface area contributed by atoms with Crippen molar-refractivity contribution in [1.82, 2.24) is 4.98 Å². The number of anilines is 1. The van der Waals surface area contributed by atoms with Crippen molar-refractivity contribution in [1.29, 1.82) is 0 Å². The van der Waals surface area contributed by atoms with Crippen LogP contribution in [0.3, 0.4) is 0 Å². The number of hydrogen-bond donors (Lipinski definition) is 2. The van der Waals surface area contributed by atoms with E-state index in [1.807, 2.05) is 11.4 Å². The van der Waals surface area contributed by atoms with Gasteiger partial charge in [-0.05, 0) is 30.0 Å². The van der Waals surface area contributed by atoms with Crippen molar-refractivity contribution in [3.63, 3.8) is 0 Å². The molecular formula is C14H16N2O2S. The van der Waals surface area contributed by atoms with E-state index in [4.69, 9.17) is 5.11 Å². The number of carbonyl (C=O) groups is 1. The van der Waals surface area contributed by atoms with Crippen molar-refractivity contribution in [3.05, 3.63) is 46.3 Å². The maximum absolute atomic E-state index is 10.9. The molecule has 0 amide bonds. The summed E-state index contributed by atoms with van der Waals surface area (Å²) in [5.74, 6) is -0.404. The molecule has 2 aromatic rings. The van der Waals surface area contributed by atoms with Crippen LogP contribution in [0.4, 0.5) is 5.82 Å².